The standard InChI is InChI=1S/C17H15F3N4O/c18-17(19,20)16-23-15(24-25-16)12-6-8-13(9-7-12)22-14(21)10-11-4-2-1-3-5-11/h1-9,16H,10H2,(H2,21,22)(H,23,24). The summed E-state index contributed by atoms with van der Waals surface area (Å²) in [6, 6.07) is 16.2. The second kappa shape index (κ2) is 6.94. The van der Waals surface area contributed by atoms with Crippen molar-refractivity contribution < 1.29 is 18.0 Å². The molecular formula is C17H15F3N4O. The zero-order valence-electron chi connectivity index (χ0n) is 13.0. The zero-order valence-corrected chi connectivity index (χ0v) is 13.0. The summed E-state index contributed by atoms with van der Waals surface area (Å²) in [7, 11) is 0. The molecule has 1 aliphatic heterocycles. The number of rotatable bonds is 4. The average molecular weight is 348 g/mol. The number of benzene rings is 2. The van der Waals surface area contributed by atoms with Gasteiger partial charge < -0.3 is 5.73 Å². The quantitative estimate of drug-likeness (QED) is 0.659. The Hall–Kier alpha value is -2.87. The van der Waals surface area contributed by atoms with Crippen LogP contribution in [0.4, 0.5) is 18.9 Å². The van der Waals surface area contributed by atoms with Gasteiger partial charge in [0, 0.05) is 12.0 Å². The first kappa shape index (κ1) is 17.0. The van der Waals surface area contributed by atoms with E-state index < -0.39 is 12.4 Å². The molecule has 0 aliphatic carbocycles. The maximum absolute atomic E-state index is 12.5. The first-order valence-electron chi connectivity index (χ1n) is 7.45. The van der Waals surface area contributed by atoms with E-state index in [0.29, 0.717) is 23.5 Å². The van der Waals surface area contributed by atoms with Crippen molar-refractivity contribution >= 4 is 17.4 Å². The molecule has 130 valence electrons. The van der Waals surface area contributed by atoms with E-state index >= 15 is 0 Å². The molecule has 2 aromatic carbocycles. The monoisotopic (exact) mass is 348 g/mol. The Morgan fingerprint density at radius 1 is 1.12 bits per heavy atom. The minimum absolute atomic E-state index is 0.0233. The topological polar surface area (TPSA) is 72.0 Å². The van der Waals surface area contributed by atoms with Crippen LogP contribution in [0.25, 0.3) is 0 Å². The minimum atomic E-state index is -4.55. The van der Waals surface area contributed by atoms with Crippen molar-refractivity contribution in [2.45, 2.75) is 18.8 Å². The highest BCUT2D eigenvalue weighted by molar-refractivity contribution is 5.99. The van der Waals surface area contributed by atoms with Crippen molar-refractivity contribution in [3.05, 3.63) is 65.7 Å². The summed E-state index contributed by atoms with van der Waals surface area (Å²) in [5.74, 6) is 0.464. The lowest BCUT2D eigenvalue weighted by Crippen LogP contribution is -2.29. The summed E-state index contributed by atoms with van der Waals surface area (Å²) >= 11 is 0. The van der Waals surface area contributed by atoms with Crippen molar-refractivity contribution in [3.63, 3.8) is 0 Å². The van der Waals surface area contributed by atoms with Crippen molar-refractivity contribution in [1.29, 1.82) is 0 Å². The molecule has 0 spiro atoms. The summed E-state index contributed by atoms with van der Waals surface area (Å²) < 4.78 is 37.6. The number of halogens is 3. The van der Waals surface area contributed by atoms with Crippen LogP contribution in [0.15, 0.2) is 64.6 Å². The van der Waals surface area contributed by atoms with Crippen molar-refractivity contribution in [2.75, 3.05) is 0 Å². The average Bonchev–Trinajstić information content (AvgIpc) is 3.07. The largest absolute Gasteiger partial charge is 0.437 e. The molecule has 0 radical (unpaired) electrons. The van der Waals surface area contributed by atoms with E-state index in [1.54, 1.807) is 24.3 Å². The molecule has 8 heteroatoms. The number of nitrogens with two attached hydrogens (primary N) is 1. The van der Waals surface area contributed by atoms with E-state index in [9.17, 15) is 13.2 Å². The Balaban J connectivity index is 1.69. The Bertz CT molecular complexity index is 786. The third kappa shape index (κ3) is 4.36. The fourth-order valence-electron chi connectivity index (χ4n) is 2.26. The molecule has 5 nitrogen and oxygen atoms in total. The molecule has 3 N–H and O–H groups in total. The van der Waals surface area contributed by atoms with Gasteiger partial charge in [-0.1, -0.05) is 30.3 Å². The number of alkyl halides is 3. The fourth-order valence-corrected chi connectivity index (χ4v) is 2.26. The summed E-state index contributed by atoms with van der Waals surface area (Å²) in [6.07, 6.45) is -6.23. The first-order valence-corrected chi connectivity index (χ1v) is 7.45. The van der Waals surface area contributed by atoms with Gasteiger partial charge in [-0.05, 0) is 29.8 Å². The molecule has 1 atom stereocenters. The second-order valence-corrected chi connectivity index (χ2v) is 5.40. The third-order valence-electron chi connectivity index (χ3n) is 3.44. The number of hydrogen-bond acceptors (Lipinski definition) is 4. The van der Waals surface area contributed by atoms with Crippen LogP contribution in [0.1, 0.15) is 11.1 Å². The summed E-state index contributed by atoms with van der Waals surface area (Å²) in [6.45, 7) is 0. The highest BCUT2D eigenvalue weighted by Gasteiger charge is 2.44. The zero-order chi connectivity index (χ0) is 17.9. The lowest BCUT2D eigenvalue weighted by atomic mass is 10.1. The molecule has 3 rings (SSSR count). The molecule has 1 aliphatic rings. The van der Waals surface area contributed by atoms with Gasteiger partial charge >= 0.3 is 6.18 Å². The SMILES string of the molecule is NC(Cc1ccccc1)=Nc1ccc(C2=NC(C(F)(F)F)ON2)cc1. The number of nitrogens with zero attached hydrogens (tertiary/aromatic N) is 2. The van der Waals surface area contributed by atoms with Gasteiger partial charge in [0.1, 0.15) is 5.84 Å². The van der Waals surface area contributed by atoms with Crippen LogP contribution in [0.2, 0.25) is 0 Å². The smallest absolute Gasteiger partial charge is 0.387 e. The maximum atomic E-state index is 12.5. The Kier molecular flexibility index (Phi) is 4.71. The van der Waals surface area contributed by atoms with E-state index in [4.69, 9.17) is 5.73 Å². The first-order chi connectivity index (χ1) is 11.9. The molecule has 0 fully saturated rings. The highest BCUT2D eigenvalue weighted by Crippen LogP contribution is 2.26. The van der Waals surface area contributed by atoms with Crippen molar-refractivity contribution in [3.8, 4) is 0 Å². The summed E-state index contributed by atoms with van der Waals surface area (Å²) in [5, 5.41) is 0. The van der Waals surface area contributed by atoms with Gasteiger partial charge in [-0.2, -0.15) is 13.2 Å². The minimum Gasteiger partial charge on any atom is -0.387 e. The Morgan fingerprint density at radius 3 is 2.40 bits per heavy atom. The second-order valence-electron chi connectivity index (χ2n) is 5.40. The van der Waals surface area contributed by atoms with Gasteiger partial charge in [-0.15, -0.1) is 0 Å². The molecular weight excluding hydrogens is 333 g/mol. The van der Waals surface area contributed by atoms with Gasteiger partial charge in [0.25, 0.3) is 6.23 Å². The van der Waals surface area contributed by atoms with Crippen molar-refractivity contribution in [1.82, 2.24) is 5.48 Å². The molecule has 25 heavy (non-hydrogen) atoms. The van der Waals surface area contributed by atoms with Crippen LogP contribution in [-0.4, -0.2) is 24.1 Å². The van der Waals surface area contributed by atoms with Crippen LogP contribution >= 0.6 is 0 Å². The van der Waals surface area contributed by atoms with Gasteiger partial charge in [0.15, 0.2) is 5.84 Å². The molecule has 1 heterocycles. The van der Waals surface area contributed by atoms with E-state index in [1.165, 1.54) is 0 Å². The van der Waals surface area contributed by atoms with Crippen LogP contribution in [0.3, 0.4) is 0 Å². The Labute approximate surface area is 142 Å². The molecule has 0 aromatic heterocycles. The summed E-state index contributed by atoms with van der Waals surface area (Å²) in [5.41, 5.74) is 10.2. The van der Waals surface area contributed by atoms with Crippen molar-refractivity contribution in [2.24, 2.45) is 15.7 Å². The van der Waals surface area contributed by atoms with Gasteiger partial charge in [0.2, 0.25) is 0 Å². The molecule has 0 amide bonds. The van der Waals surface area contributed by atoms with Gasteiger partial charge in [-0.3, -0.25) is 0 Å². The number of hydrogen-bond donors (Lipinski definition) is 2. The highest BCUT2D eigenvalue weighted by atomic mass is 19.4. The molecule has 0 bridgehead atoms. The number of hydroxylamine groups is 1. The normalized spacial score (nSPS) is 18.0. The van der Waals surface area contributed by atoms with Crippen LogP contribution in [0.5, 0.6) is 0 Å². The molecule has 2 aromatic rings. The predicted octanol–water partition coefficient (Wildman–Crippen LogP) is 3.09. The molecule has 0 saturated heterocycles. The fraction of sp³-hybridized carbons (Fsp3) is 0.176. The number of aliphatic imine (C=N–C) groups is 2. The van der Waals surface area contributed by atoms with Gasteiger partial charge in [-0.25, -0.2) is 20.3 Å². The van der Waals surface area contributed by atoms with E-state index in [2.05, 4.69) is 20.3 Å². The van der Waals surface area contributed by atoms with Crippen LogP contribution in [-0.2, 0) is 11.3 Å². The van der Waals surface area contributed by atoms with E-state index in [1.807, 2.05) is 30.3 Å². The van der Waals surface area contributed by atoms with Gasteiger partial charge in [0.05, 0.1) is 5.69 Å². The lowest BCUT2D eigenvalue weighted by Gasteiger charge is -2.08. The van der Waals surface area contributed by atoms with Crippen LogP contribution < -0.4 is 11.2 Å². The van der Waals surface area contributed by atoms with E-state index in [0.717, 1.165) is 5.56 Å². The number of nitrogens with one attached hydrogen (secondary N) is 1. The molecule has 0 saturated carbocycles. The lowest BCUT2D eigenvalue weighted by molar-refractivity contribution is -0.220. The Morgan fingerprint density at radius 2 is 1.80 bits per heavy atom. The van der Waals surface area contributed by atoms with Crippen LogP contribution in [0, 0.1) is 0 Å². The maximum Gasteiger partial charge on any atom is 0.437 e. The third-order valence-corrected chi connectivity index (χ3v) is 3.44. The van der Waals surface area contributed by atoms with E-state index in [-0.39, 0.29) is 5.84 Å². The predicted molar refractivity (Wildman–Crippen MR) is 88.5 cm³/mol. The number of amidine groups is 2. The molecule has 1 unspecified atom stereocenters. The summed E-state index contributed by atoms with van der Waals surface area (Å²) in [4.78, 5) is 12.2.